The maximum Gasteiger partial charge on any atom is 0.114 e. The lowest BCUT2D eigenvalue weighted by Gasteiger charge is -2.31. The molecule has 0 fully saturated rings. The number of fused-ring (bicyclic) bond motifs is 8. The number of thiophene rings is 1. The number of hydrogen-bond donors (Lipinski definition) is 0. The van der Waals surface area contributed by atoms with Crippen LogP contribution in [0.5, 0.6) is 0 Å². The highest BCUT2D eigenvalue weighted by atomic mass is 32.1. The van der Waals surface area contributed by atoms with Gasteiger partial charge in [0, 0.05) is 37.0 Å². The largest absolute Gasteiger partial charge is 0.309 e. The van der Waals surface area contributed by atoms with Gasteiger partial charge in [0.25, 0.3) is 0 Å². The predicted octanol–water partition coefficient (Wildman–Crippen LogP) is 12.8. The van der Waals surface area contributed by atoms with Gasteiger partial charge in [-0.2, -0.15) is 0 Å². The highest BCUT2D eigenvalue weighted by molar-refractivity contribution is 7.26. The Labute approximate surface area is 303 Å². The molecule has 3 heteroatoms. The second-order valence-electron chi connectivity index (χ2n) is 14.1. The van der Waals surface area contributed by atoms with E-state index in [0.29, 0.717) is 0 Å². The van der Waals surface area contributed by atoms with Gasteiger partial charge in [0.2, 0.25) is 0 Å². The summed E-state index contributed by atoms with van der Waals surface area (Å²) in [7, 11) is -2.04. The summed E-state index contributed by atoms with van der Waals surface area (Å²) in [6.45, 7) is 5.07. The molecule has 0 unspecified atom stereocenters. The summed E-state index contributed by atoms with van der Waals surface area (Å²) in [5, 5.41) is 8.29. The van der Waals surface area contributed by atoms with Gasteiger partial charge < -0.3 is 4.90 Å². The van der Waals surface area contributed by atoms with Crippen molar-refractivity contribution in [3.05, 3.63) is 176 Å². The fourth-order valence-corrected chi connectivity index (χ4v) is 12.8. The average molecular weight is 686 g/mol. The summed E-state index contributed by atoms with van der Waals surface area (Å²) in [6.07, 6.45) is 0. The standard InChI is InChI=1S/C48H35NSSi/c1-51(2)45-30-29-40-39-22-10-13-26-44(39)50-48(40)47(45)41-28-27-34(31-46(41)51)49(42-24-11-8-20-36(42)33-15-4-3-5-16-33)43-25-12-9-21-38(43)37-23-14-18-32-17-6-7-19-35(32)37/h3-31H,1-2H3. The van der Waals surface area contributed by atoms with Crippen molar-refractivity contribution in [2.75, 3.05) is 4.90 Å². The van der Waals surface area contributed by atoms with Crippen LogP contribution in [0.25, 0.3) is 64.3 Å². The maximum absolute atomic E-state index is 2.53. The predicted molar refractivity (Wildman–Crippen MR) is 225 cm³/mol. The van der Waals surface area contributed by atoms with Crippen LogP contribution in [-0.4, -0.2) is 8.07 Å². The van der Waals surface area contributed by atoms with Crippen LogP contribution in [0.3, 0.4) is 0 Å². The van der Waals surface area contributed by atoms with E-state index in [4.69, 9.17) is 0 Å². The van der Waals surface area contributed by atoms with Crippen molar-refractivity contribution in [2.24, 2.45) is 0 Å². The zero-order valence-electron chi connectivity index (χ0n) is 28.6. The van der Waals surface area contributed by atoms with Crippen molar-refractivity contribution >= 4 is 77.8 Å². The van der Waals surface area contributed by atoms with Gasteiger partial charge in [0.1, 0.15) is 8.07 Å². The molecule has 0 N–H and O–H groups in total. The summed E-state index contributed by atoms with van der Waals surface area (Å²) < 4.78 is 2.78. The molecule has 0 saturated heterocycles. The van der Waals surface area contributed by atoms with Crippen molar-refractivity contribution in [2.45, 2.75) is 13.1 Å². The third-order valence-corrected chi connectivity index (χ3v) is 15.6. The topological polar surface area (TPSA) is 3.24 Å². The van der Waals surface area contributed by atoms with E-state index in [1.807, 2.05) is 11.3 Å². The Morgan fingerprint density at radius 3 is 1.94 bits per heavy atom. The quantitative estimate of drug-likeness (QED) is 0.163. The van der Waals surface area contributed by atoms with Gasteiger partial charge in [-0.05, 0) is 73.7 Å². The van der Waals surface area contributed by atoms with Crippen molar-refractivity contribution in [1.29, 1.82) is 0 Å². The Balaban J connectivity index is 1.24. The first-order chi connectivity index (χ1) is 25.1. The third-order valence-electron chi connectivity index (χ3n) is 10.9. The maximum atomic E-state index is 2.53. The number of hydrogen-bond acceptors (Lipinski definition) is 2. The van der Waals surface area contributed by atoms with E-state index in [-0.39, 0.29) is 0 Å². The molecule has 51 heavy (non-hydrogen) atoms. The highest BCUT2D eigenvalue weighted by Crippen LogP contribution is 2.47. The smallest absolute Gasteiger partial charge is 0.114 e. The van der Waals surface area contributed by atoms with Gasteiger partial charge in [-0.25, -0.2) is 0 Å². The Morgan fingerprint density at radius 1 is 0.451 bits per heavy atom. The van der Waals surface area contributed by atoms with Crippen molar-refractivity contribution < 1.29 is 0 Å². The second kappa shape index (κ2) is 11.7. The van der Waals surface area contributed by atoms with Crippen LogP contribution in [0.15, 0.2) is 176 Å². The zero-order valence-corrected chi connectivity index (χ0v) is 30.4. The van der Waals surface area contributed by atoms with Gasteiger partial charge in [0.15, 0.2) is 0 Å². The molecular weight excluding hydrogens is 651 g/mol. The molecule has 1 aliphatic rings. The Hall–Kier alpha value is -5.74. The lowest BCUT2D eigenvalue weighted by molar-refractivity contribution is 1.29. The second-order valence-corrected chi connectivity index (χ2v) is 19.5. The van der Waals surface area contributed by atoms with E-state index in [0.717, 1.165) is 0 Å². The Morgan fingerprint density at radius 2 is 1.10 bits per heavy atom. The summed E-state index contributed by atoms with van der Waals surface area (Å²) in [6, 6.07) is 65.1. The normalized spacial score (nSPS) is 13.1. The fraction of sp³-hybridized carbons (Fsp3) is 0.0417. The minimum atomic E-state index is -2.04. The Bertz CT molecular complexity index is 2790. The summed E-state index contributed by atoms with van der Waals surface area (Å²) in [4.78, 5) is 2.52. The lowest BCUT2D eigenvalue weighted by Crippen LogP contribution is -2.49. The highest BCUT2D eigenvalue weighted by Gasteiger charge is 2.39. The lowest BCUT2D eigenvalue weighted by atomic mass is 9.95. The van der Waals surface area contributed by atoms with Gasteiger partial charge in [-0.1, -0.05) is 159 Å². The van der Waals surface area contributed by atoms with Crippen molar-refractivity contribution in [3.8, 4) is 33.4 Å². The molecule has 0 aliphatic carbocycles. The average Bonchev–Trinajstić information content (AvgIpc) is 3.67. The van der Waals surface area contributed by atoms with Crippen molar-refractivity contribution in [3.63, 3.8) is 0 Å². The van der Waals surface area contributed by atoms with E-state index >= 15 is 0 Å². The molecule has 2 heterocycles. The molecule has 10 rings (SSSR count). The molecule has 0 spiro atoms. The fourth-order valence-electron chi connectivity index (χ4n) is 8.42. The first-order valence-corrected chi connectivity index (χ1v) is 21.5. The number of para-hydroxylation sites is 2. The van der Waals surface area contributed by atoms with E-state index in [1.165, 1.54) is 86.6 Å². The molecule has 1 aliphatic heterocycles. The van der Waals surface area contributed by atoms with Crippen LogP contribution in [0, 0.1) is 0 Å². The summed E-state index contributed by atoms with van der Waals surface area (Å²) in [5.41, 5.74) is 11.2. The molecule has 1 nitrogen and oxygen atoms in total. The van der Waals surface area contributed by atoms with Crippen LogP contribution >= 0.6 is 11.3 Å². The van der Waals surface area contributed by atoms with E-state index in [2.05, 4.69) is 194 Å². The van der Waals surface area contributed by atoms with Crippen LogP contribution in [0.1, 0.15) is 0 Å². The molecular formula is C48H35NSSi. The monoisotopic (exact) mass is 685 g/mol. The molecule has 0 amide bonds. The molecule has 9 aromatic rings. The molecule has 242 valence electrons. The van der Waals surface area contributed by atoms with Crippen LogP contribution in [0.2, 0.25) is 13.1 Å². The summed E-state index contributed by atoms with van der Waals surface area (Å²) >= 11 is 1.95. The SMILES string of the molecule is C[Si]1(C)c2cc(N(c3ccccc3-c3ccccc3)c3ccccc3-c3cccc4ccccc34)ccc2-c2c1ccc1c2sc2ccccc21. The first kappa shape index (κ1) is 30.1. The van der Waals surface area contributed by atoms with Crippen LogP contribution in [0.4, 0.5) is 17.1 Å². The van der Waals surface area contributed by atoms with Gasteiger partial charge in [0.05, 0.1) is 11.4 Å². The van der Waals surface area contributed by atoms with E-state index in [1.54, 1.807) is 5.19 Å². The zero-order chi connectivity index (χ0) is 34.1. The van der Waals surface area contributed by atoms with Gasteiger partial charge in [-0.3, -0.25) is 0 Å². The van der Waals surface area contributed by atoms with E-state index < -0.39 is 8.07 Å². The molecule has 0 saturated carbocycles. The minimum Gasteiger partial charge on any atom is -0.309 e. The van der Waals surface area contributed by atoms with Crippen LogP contribution in [-0.2, 0) is 0 Å². The first-order valence-electron chi connectivity index (χ1n) is 17.7. The molecule has 0 atom stereocenters. The van der Waals surface area contributed by atoms with Crippen LogP contribution < -0.4 is 15.3 Å². The van der Waals surface area contributed by atoms with Gasteiger partial charge in [-0.15, -0.1) is 11.3 Å². The minimum absolute atomic E-state index is 1.17. The number of benzene rings is 8. The number of rotatable bonds is 5. The molecule has 0 radical (unpaired) electrons. The Kier molecular flexibility index (Phi) is 6.89. The number of anilines is 3. The molecule has 8 aromatic carbocycles. The molecule has 1 aromatic heterocycles. The number of nitrogens with zero attached hydrogens (tertiary/aromatic N) is 1. The summed E-state index contributed by atoms with van der Waals surface area (Å²) in [5.74, 6) is 0. The van der Waals surface area contributed by atoms with Crippen molar-refractivity contribution in [1.82, 2.24) is 0 Å². The van der Waals surface area contributed by atoms with Gasteiger partial charge >= 0.3 is 0 Å². The third kappa shape index (κ3) is 4.66. The van der Waals surface area contributed by atoms with E-state index in [9.17, 15) is 0 Å². The molecule has 0 bridgehead atoms.